The van der Waals surface area contributed by atoms with Gasteiger partial charge in [-0.1, -0.05) is 60.7 Å². The molecule has 2 aromatic carbocycles. The predicted molar refractivity (Wildman–Crippen MR) is 97.9 cm³/mol. The van der Waals surface area contributed by atoms with Crippen LogP contribution in [-0.2, 0) is 10.2 Å². The number of hydrogen-bond donors (Lipinski definition) is 2. The van der Waals surface area contributed by atoms with E-state index in [0.717, 1.165) is 25.7 Å². The SMILES string of the molecule is CC(=O)NCCCC(CCCO)(c1ccccc1)c1ccccc1. The highest BCUT2D eigenvalue weighted by Gasteiger charge is 2.33. The van der Waals surface area contributed by atoms with E-state index < -0.39 is 0 Å². The monoisotopic (exact) mass is 325 g/mol. The molecule has 0 aliphatic rings. The molecule has 1 amide bonds. The molecule has 0 aliphatic heterocycles. The molecule has 0 heterocycles. The van der Waals surface area contributed by atoms with Gasteiger partial charge in [-0.05, 0) is 36.8 Å². The molecule has 0 fully saturated rings. The van der Waals surface area contributed by atoms with Crippen LogP contribution in [0.4, 0.5) is 0 Å². The normalized spacial score (nSPS) is 11.2. The third-order valence-corrected chi connectivity index (χ3v) is 4.57. The second-order valence-corrected chi connectivity index (χ2v) is 6.23. The molecule has 24 heavy (non-hydrogen) atoms. The zero-order valence-corrected chi connectivity index (χ0v) is 14.4. The van der Waals surface area contributed by atoms with E-state index in [1.165, 1.54) is 11.1 Å². The summed E-state index contributed by atoms with van der Waals surface area (Å²) in [5.74, 6) is 0.00961. The second-order valence-electron chi connectivity index (χ2n) is 6.23. The number of aliphatic hydroxyl groups is 1. The molecule has 0 spiro atoms. The quantitative estimate of drug-likeness (QED) is 0.691. The molecule has 0 bridgehead atoms. The zero-order valence-electron chi connectivity index (χ0n) is 14.4. The molecule has 0 aromatic heterocycles. The van der Waals surface area contributed by atoms with Gasteiger partial charge in [0.15, 0.2) is 0 Å². The van der Waals surface area contributed by atoms with E-state index in [0.29, 0.717) is 6.54 Å². The number of rotatable bonds is 9. The average molecular weight is 325 g/mol. The highest BCUT2D eigenvalue weighted by atomic mass is 16.2. The Morgan fingerprint density at radius 1 is 0.917 bits per heavy atom. The molecule has 3 heteroatoms. The Morgan fingerprint density at radius 3 is 1.88 bits per heavy atom. The second kappa shape index (κ2) is 9.24. The molecule has 2 N–H and O–H groups in total. The van der Waals surface area contributed by atoms with Gasteiger partial charge in [-0.2, -0.15) is 0 Å². The minimum Gasteiger partial charge on any atom is -0.396 e. The van der Waals surface area contributed by atoms with Gasteiger partial charge in [0.1, 0.15) is 0 Å². The Kier molecular flexibility index (Phi) is 7.01. The van der Waals surface area contributed by atoms with Gasteiger partial charge in [-0.25, -0.2) is 0 Å². The summed E-state index contributed by atoms with van der Waals surface area (Å²) < 4.78 is 0. The number of hydrogen-bond acceptors (Lipinski definition) is 2. The first-order chi connectivity index (χ1) is 11.7. The van der Waals surface area contributed by atoms with Crippen LogP contribution in [-0.4, -0.2) is 24.2 Å². The number of carbonyl (C=O) groups excluding carboxylic acids is 1. The summed E-state index contributed by atoms with van der Waals surface area (Å²) in [6.07, 6.45) is 3.47. The maximum absolute atomic E-state index is 11.1. The third-order valence-electron chi connectivity index (χ3n) is 4.57. The fourth-order valence-electron chi connectivity index (χ4n) is 3.42. The van der Waals surface area contributed by atoms with Gasteiger partial charge in [-0.3, -0.25) is 4.79 Å². The van der Waals surface area contributed by atoms with Crippen molar-refractivity contribution in [1.82, 2.24) is 5.32 Å². The summed E-state index contributed by atoms with van der Waals surface area (Å²) in [5.41, 5.74) is 2.41. The van der Waals surface area contributed by atoms with E-state index in [-0.39, 0.29) is 17.9 Å². The smallest absolute Gasteiger partial charge is 0.216 e. The maximum atomic E-state index is 11.1. The van der Waals surface area contributed by atoms with Crippen LogP contribution in [0.2, 0.25) is 0 Å². The van der Waals surface area contributed by atoms with Crippen molar-refractivity contribution in [3.05, 3.63) is 71.8 Å². The van der Waals surface area contributed by atoms with Crippen LogP contribution >= 0.6 is 0 Å². The lowest BCUT2D eigenvalue weighted by molar-refractivity contribution is -0.118. The summed E-state index contributed by atoms with van der Waals surface area (Å²) in [5, 5.41) is 12.3. The van der Waals surface area contributed by atoms with Crippen molar-refractivity contribution in [3.8, 4) is 0 Å². The Hall–Kier alpha value is -2.13. The first-order valence-electron chi connectivity index (χ1n) is 8.65. The van der Waals surface area contributed by atoms with E-state index in [2.05, 4.69) is 53.8 Å². The van der Waals surface area contributed by atoms with Crippen molar-refractivity contribution in [2.24, 2.45) is 0 Å². The van der Waals surface area contributed by atoms with Crippen molar-refractivity contribution in [1.29, 1.82) is 0 Å². The summed E-state index contributed by atoms with van der Waals surface area (Å²) in [6, 6.07) is 21.0. The van der Waals surface area contributed by atoms with Crippen LogP contribution in [0.5, 0.6) is 0 Å². The van der Waals surface area contributed by atoms with Crippen LogP contribution in [0.15, 0.2) is 60.7 Å². The summed E-state index contributed by atoms with van der Waals surface area (Å²) in [6.45, 7) is 2.41. The van der Waals surface area contributed by atoms with Gasteiger partial charge in [0.25, 0.3) is 0 Å². The fourth-order valence-corrected chi connectivity index (χ4v) is 3.42. The number of nitrogens with one attached hydrogen (secondary N) is 1. The molecule has 0 saturated heterocycles. The number of benzene rings is 2. The van der Waals surface area contributed by atoms with Gasteiger partial charge < -0.3 is 10.4 Å². The van der Waals surface area contributed by atoms with Gasteiger partial charge in [0, 0.05) is 25.5 Å². The highest BCUT2D eigenvalue weighted by molar-refractivity contribution is 5.72. The Labute approximate surface area is 144 Å². The fraction of sp³-hybridized carbons (Fsp3) is 0.381. The summed E-state index contributed by atoms with van der Waals surface area (Å²) >= 11 is 0. The molecule has 2 aromatic rings. The Balaban J connectivity index is 2.34. The lowest BCUT2D eigenvalue weighted by Crippen LogP contribution is -2.30. The third kappa shape index (κ3) is 4.68. The number of aliphatic hydroxyl groups excluding tert-OH is 1. The Bertz CT molecular complexity index is 571. The molecular weight excluding hydrogens is 298 g/mol. The summed E-state index contributed by atoms with van der Waals surface area (Å²) in [4.78, 5) is 11.1. The molecule has 128 valence electrons. The van der Waals surface area contributed by atoms with Gasteiger partial charge in [0.2, 0.25) is 5.91 Å². The van der Waals surface area contributed by atoms with E-state index >= 15 is 0 Å². The molecular formula is C21H27NO2. The molecule has 0 aliphatic carbocycles. The van der Waals surface area contributed by atoms with Gasteiger partial charge in [-0.15, -0.1) is 0 Å². The minimum absolute atomic E-state index is 0.00961. The number of carbonyl (C=O) groups is 1. The topological polar surface area (TPSA) is 49.3 Å². The van der Waals surface area contributed by atoms with Crippen molar-refractivity contribution in [2.75, 3.05) is 13.2 Å². The van der Waals surface area contributed by atoms with E-state index in [1.54, 1.807) is 6.92 Å². The van der Waals surface area contributed by atoms with Crippen LogP contribution in [0.1, 0.15) is 43.7 Å². The molecule has 3 nitrogen and oxygen atoms in total. The van der Waals surface area contributed by atoms with E-state index in [4.69, 9.17) is 0 Å². The lowest BCUT2D eigenvalue weighted by Gasteiger charge is -2.35. The molecule has 0 atom stereocenters. The van der Waals surface area contributed by atoms with Crippen molar-refractivity contribution >= 4 is 5.91 Å². The molecule has 0 radical (unpaired) electrons. The first-order valence-corrected chi connectivity index (χ1v) is 8.65. The standard InChI is InChI=1S/C21H27NO2/c1-18(24)22-16-8-14-21(15-9-17-23,19-10-4-2-5-11-19)20-12-6-3-7-13-20/h2-7,10-13,23H,8-9,14-17H2,1H3,(H,22,24). The van der Waals surface area contributed by atoms with E-state index in [9.17, 15) is 9.90 Å². The first kappa shape index (κ1) is 18.2. The van der Waals surface area contributed by atoms with E-state index in [1.807, 2.05) is 12.1 Å². The average Bonchev–Trinajstić information content (AvgIpc) is 2.63. The van der Waals surface area contributed by atoms with Gasteiger partial charge >= 0.3 is 0 Å². The molecule has 0 unspecified atom stereocenters. The van der Waals surface area contributed by atoms with Gasteiger partial charge in [0.05, 0.1) is 0 Å². The molecule has 2 rings (SSSR count). The number of amides is 1. The lowest BCUT2D eigenvalue weighted by atomic mass is 9.68. The highest BCUT2D eigenvalue weighted by Crippen LogP contribution is 2.40. The predicted octanol–water partition coefficient (Wildman–Crippen LogP) is 3.66. The van der Waals surface area contributed by atoms with Crippen LogP contribution < -0.4 is 5.32 Å². The van der Waals surface area contributed by atoms with Crippen LogP contribution in [0.25, 0.3) is 0 Å². The maximum Gasteiger partial charge on any atom is 0.216 e. The minimum atomic E-state index is -0.135. The zero-order chi connectivity index (χ0) is 17.3. The summed E-state index contributed by atoms with van der Waals surface area (Å²) in [7, 11) is 0. The van der Waals surface area contributed by atoms with Crippen LogP contribution in [0, 0.1) is 0 Å². The largest absolute Gasteiger partial charge is 0.396 e. The van der Waals surface area contributed by atoms with Crippen LogP contribution in [0.3, 0.4) is 0 Å². The Morgan fingerprint density at radius 2 is 1.42 bits per heavy atom. The van der Waals surface area contributed by atoms with Crippen molar-refractivity contribution in [3.63, 3.8) is 0 Å². The van der Waals surface area contributed by atoms with Crippen molar-refractivity contribution in [2.45, 2.75) is 38.0 Å². The molecule has 0 saturated carbocycles. The van der Waals surface area contributed by atoms with Crippen molar-refractivity contribution < 1.29 is 9.90 Å².